The van der Waals surface area contributed by atoms with Crippen molar-refractivity contribution < 1.29 is 8.81 Å². The first-order valence-electron chi connectivity index (χ1n) is 9.60. The second kappa shape index (κ2) is 9.68. The van der Waals surface area contributed by atoms with E-state index < -0.39 is 0 Å². The molecule has 2 rings (SSSR count). The van der Waals surface area contributed by atoms with Crippen LogP contribution in [0, 0.1) is 5.82 Å². The Morgan fingerprint density at radius 1 is 1.29 bits per heavy atom. The van der Waals surface area contributed by atoms with E-state index in [1.54, 1.807) is 18.3 Å². The quantitative estimate of drug-likeness (QED) is 0.561. The molecule has 6 nitrogen and oxygen atoms in total. The van der Waals surface area contributed by atoms with E-state index in [9.17, 15) is 4.39 Å². The number of hydrogen-bond acceptors (Lipinski definition) is 4. The molecule has 0 spiro atoms. The number of hydrogen-bond donors (Lipinski definition) is 2. The molecule has 1 heterocycles. The number of oxazole rings is 1. The number of rotatable bonds is 7. The number of halogens is 1. The van der Waals surface area contributed by atoms with Crippen LogP contribution in [0.15, 0.2) is 39.9 Å². The SMILES string of the molecule is CCNC(=NCc1ncc(C(C)(C)C)o1)NCC(c1cccc(F)c1)N(C)C. The van der Waals surface area contributed by atoms with Gasteiger partial charge in [-0.15, -0.1) is 0 Å². The van der Waals surface area contributed by atoms with Crippen molar-refractivity contribution in [1.82, 2.24) is 20.5 Å². The molecular weight excluding hydrogens is 357 g/mol. The van der Waals surface area contributed by atoms with Crippen molar-refractivity contribution in [1.29, 1.82) is 0 Å². The number of aliphatic imine (C=N–C) groups is 1. The van der Waals surface area contributed by atoms with Gasteiger partial charge in [0.15, 0.2) is 5.96 Å². The molecule has 0 amide bonds. The van der Waals surface area contributed by atoms with Crippen molar-refractivity contribution in [3.8, 4) is 0 Å². The van der Waals surface area contributed by atoms with Crippen LogP contribution in [-0.2, 0) is 12.0 Å². The van der Waals surface area contributed by atoms with Crippen LogP contribution in [0.1, 0.15) is 51.0 Å². The Labute approximate surface area is 167 Å². The number of nitrogens with one attached hydrogen (secondary N) is 2. The number of likely N-dealkylation sites (N-methyl/N-ethyl adjacent to an activating group) is 1. The van der Waals surface area contributed by atoms with Crippen LogP contribution < -0.4 is 10.6 Å². The fourth-order valence-electron chi connectivity index (χ4n) is 2.72. The third-order valence-corrected chi connectivity index (χ3v) is 4.33. The molecule has 0 aliphatic carbocycles. The van der Waals surface area contributed by atoms with Crippen LogP contribution in [0.3, 0.4) is 0 Å². The minimum atomic E-state index is -0.233. The molecule has 1 aromatic carbocycles. The first kappa shape index (κ1) is 21.9. The average Bonchev–Trinajstić information content (AvgIpc) is 3.09. The van der Waals surface area contributed by atoms with Crippen molar-refractivity contribution in [2.75, 3.05) is 27.2 Å². The molecular formula is C21H32FN5O. The smallest absolute Gasteiger partial charge is 0.216 e. The van der Waals surface area contributed by atoms with Crippen LogP contribution in [0.4, 0.5) is 4.39 Å². The Balaban J connectivity index is 2.06. The topological polar surface area (TPSA) is 65.7 Å². The summed E-state index contributed by atoms with van der Waals surface area (Å²) in [5, 5.41) is 6.56. The molecule has 2 N–H and O–H groups in total. The van der Waals surface area contributed by atoms with Crippen molar-refractivity contribution in [3.05, 3.63) is 53.5 Å². The fraction of sp³-hybridized carbons (Fsp3) is 0.524. The van der Waals surface area contributed by atoms with Gasteiger partial charge in [0.2, 0.25) is 5.89 Å². The maximum Gasteiger partial charge on any atom is 0.216 e. The molecule has 0 aliphatic heterocycles. The third kappa shape index (κ3) is 6.34. The highest BCUT2D eigenvalue weighted by molar-refractivity contribution is 5.79. The Morgan fingerprint density at radius 3 is 2.61 bits per heavy atom. The fourth-order valence-corrected chi connectivity index (χ4v) is 2.72. The second-order valence-electron chi connectivity index (χ2n) is 7.98. The minimum absolute atomic E-state index is 0.00814. The van der Waals surface area contributed by atoms with Gasteiger partial charge in [-0.3, -0.25) is 0 Å². The lowest BCUT2D eigenvalue weighted by Crippen LogP contribution is -2.41. The molecule has 0 saturated carbocycles. The summed E-state index contributed by atoms with van der Waals surface area (Å²) in [6.07, 6.45) is 1.76. The maximum atomic E-state index is 13.6. The molecule has 0 aliphatic rings. The highest BCUT2D eigenvalue weighted by Crippen LogP contribution is 2.23. The normalized spacial score (nSPS) is 13.6. The van der Waals surface area contributed by atoms with Gasteiger partial charge in [0.05, 0.1) is 12.2 Å². The van der Waals surface area contributed by atoms with E-state index in [1.165, 1.54) is 6.07 Å². The second-order valence-corrected chi connectivity index (χ2v) is 7.98. The molecule has 1 atom stereocenters. The molecule has 0 radical (unpaired) electrons. The Kier molecular flexibility index (Phi) is 7.57. The van der Waals surface area contributed by atoms with Gasteiger partial charge in [0, 0.05) is 18.5 Å². The average molecular weight is 390 g/mol. The zero-order chi connectivity index (χ0) is 20.7. The van der Waals surface area contributed by atoms with Gasteiger partial charge in [-0.2, -0.15) is 0 Å². The molecule has 0 fully saturated rings. The molecule has 154 valence electrons. The van der Waals surface area contributed by atoms with Crippen LogP contribution in [0.25, 0.3) is 0 Å². The van der Waals surface area contributed by atoms with Gasteiger partial charge >= 0.3 is 0 Å². The number of aromatic nitrogens is 1. The third-order valence-electron chi connectivity index (χ3n) is 4.33. The molecule has 28 heavy (non-hydrogen) atoms. The molecule has 7 heteroatoms. The van der Waals surface area contributed by atoms with Gasteiger partial charge in [0.1, 0.15) is 18.1 Å². The molecule has 1 aromatic heterocycles. The van der Waals surface area contributed by atoms with E-state index in [2.05, 4.69) is 46.3 Å². The lowest BCUT2D eigenvalue weighted by atomic mass is 9.94. The summed E-state index contributed by atoms with van der Waals surface area (Å²) in [5.74, 6) is 1.86. The molecule has 0 bridgehead atoms. The highest BCUT2D eigenvalue weighted by Gasteiger charge is 2.19. The van der Waals surface area contributed by atoms with Gasteiger partial charge in [0.25, 0.3) is 0 Å². The van der Waals surface area contributed by atoms with Crippen molar-refractivity contribution in [2.24, 2.45) is 4.99 Å². The largest absolute Gasteiger partial charge is 0.443 e. The van der Waals surface area contributed by atoms with Crippen LogP contribution in [0.2, 0.25) is 0 Å². The molecule has 0 saturated heterocycles. The Hall–Kier alpha value is -2.41. The lowest BCUT2D eigenvalue weighted by Gasteiger charge is -2.26. The van der Waals surface area contributed by atoms with Crippen LogP contribution in [0.5, 0.6) is 0 Å². The van der Waals surface area contributed by atoms with Gasteiger partial charge in [-0.05, 0) is 38.7 Å². The molecule has 2 aromatic rings. The van der Waals surface area contributed by atoms with E-state index in [1.807, 2.05) is 27.1 Å². The van der Waals surface area contributed by atoms with Gasteiger partial charge in [-0.25, -0.2) is 14.4 Å². The summed E-state index contributed by atoms with van der Waals surface area (Å²) < 4.78 is 19.4. The van der Waals surface area contributed by atoms with Crippen molar-refractivity contribution in [2.45, 2.75) is 45.7 Å². The zero-order valence-electron chi connectivity index (χ0n) is 17.7. The van der Waals surface area contributed by atoms with E-state index in [0.29, 0.717) is 24.9 Å². The maximum absolute atomic E-state index is 13.6. The van der Waals surface area contributed by atoms with Crippen LogP contribution >= 0.6 is 0 Å². The van der Waals surface area contributed by atoms with Gasteiger partial charge < -0.3 is 20.0 Å². The summed E-state index contributed by atoms with van der Waals surface area (Å²) in [6, 6.07) is 6.69. The summed E-state index contributed by atoms with van der Waals surface area (Å²) >= 11 is 0. The molecule has 1 unspecified atom stereocenters. The van der Waals surface area contributed by atoms with E-state index in [4.69, 9.17) is 4.42 Å². The highest BCUT2D eigenvalue weighted by atomic mass is 19.1. The first-order valence-corrected chi connectivity index (χ1v) is 9.60. The number of nitrogens with zero attached hydrogens (tertiary/aromatic N) is 3. The summed E-state index contributed by atoms with van der Waals surface area (Å²) in [5.41, 5.74) is 0.831. The minimum Gasteiger partial charge on any atom is -0.443 e. The number of guanidine groups is 1. The monoisotopic (exact) mass is 389 g/mol. The van der Waals surface area contributed by atoms with E-state index in [0.717, 1.165) is 17.9 Å². The standard InChI is InChI=1S/C21H32FN5O/c1-7-23-20(26-14-19-24-13-18(28-19)21(2,3)4)25-12-17(27(5)6)15-9-8-10-16(22)11-15/h8-11,13,17H,7,12,14H2,1-6H3,(H2,23,25,26). The van der Waals surface area contributed by atoms with Gasteiger partial charge in [-0.1, -0.05) is 32.9 Å². The first-order chi connectivity index (χ1) is 13.2. The predicted octanol–water partition coefficient (Wildman–Crippen LogP) is 3.47. The van der Waals surface area contributed by atoms with Crippen LogP contribution in [-0.4, -0.2) is 43.0 Å². The zero-order valence-corrected chi connectivity index (χ0v) is 17.7. The van der Waals surface area contributed by atoms with E-state index in [-0.39, 0.29) is 17.3 Å². The lowest BCUT2D eigenvalue weighted by molar-refractivity contribution is 0.297. The summed E-state index contributed by atoms with van der Waals surface area (Å²) in [7, 11) is 3.95. The number of benzene rings is 1. The van der Waals surface area contributed by atoms with Crippen molar-refractivity contribution in [3.63, 3.8) is 0 Å². The Morgan fingerprint density at radius 2 is 2.04 bits per heavy atom. The van der Waals surface area contributed by atoms with Crippen molar-refractivity contribution >= 4 is 5.96 Å². The van der Waals surface area contributed by atoms with E-state index >= 15 is 0 Å². The Bertz CT molecular complexity index is 779. The summed E-state index contributed by atoms with van der Waals surface area (Å²) in [4.78, 5) is 10.9. The summed E-state index contributed by atoms with van der Waals surface area (Å²) in [6.45, 7) is 9.92. The predicted molar refractivity (Wildman–Crippen MR) is 111 cm³/mol.